The molecule has 0 aliphatic rings. The predicted octanol–water partition coefficient (Wildman–Crippen LogP) is 5.40. The average Bonchev–Trinajstić information content (AvgIpc) is 2.48. The number of rotatable bonds is 9. The van der Waals surface area contributed by atoms with Crippen molar-refractivity contribution in [2.24, 2.45) is 0 Å². The first-order valence-corrected chi connectivity index (χ1v) is 15.7. The number of unbranched alkanes of at least 4 members (excludes halogenated alkanes) is 3. The molecule has 0 aromatic heterocycles. The molecule has 1 heteroatoms. The summed E-state index contributed by atoms with van der Waals surface area (Å²) in [5.74, 6) is 14.5. The summed E-state index contributed by atoms with van der Waals surface area (Å²) < 4.78 is 8.00. The zero-order valence-corrected chi connectivity index (χ0v) is 16.7. The first kappa shape index (κ1) is 19.5. The normalized spacial score (nSPS) is 9.60. The maximum atomic E-state index is 3.72. The standard InChI is InChI=1S/C7H3.3C4H9.Sn/c1-3-5-7-6-4-2;3*1-3-4-2;/h1H3;3*1,3-4H2,2H3;. The van der Waals surface area contributed by atoms with Crippen LogP contribution in [0.25, 0.3) is 0 Å². The molecule has 0 amide bonds. The monoisotopic (exact) mass is 378 g/mol. The molecule has 0 heterocycles. The van der Waals surface area contributed by atoms with Crippen molar-refractivity contribution in [1.29, 1.82) is 0 Å². The summed E-state index contributed by atoms with van der Waals surface area (Å²) in [6, 6.07) is 0. The fraction of sp³-hybridized carbons (Fsp3) is 0.684. The second kappa shape index (κ2) is 13.5. The van der Waals surface area contributed by atoms with E-state index < -0.39 is 18.4 Å². The summed E-state index contributed by atoms with van der Waals surface area (Å²) in [5, 5.41) is 0. The van der Waals surface area contributed by atoms with Crippen LogP contribution >= 0.6 is 0 Å². The van der Waals surface area contributed by atoms with Gasteiger partial charge in [0.25, 0.3) is 0 Å². The van der Waals surface area contributed by atoms with Crippen LogP contribution < -0.4 is 0 Å². The SMILES string of the molecule is CC#CC#CC#[C][Sn]([CH2]CCC)([CH2]CCC)[CH2]CCC. The molecule has 0 nitrogen and oxygen atoms in total. The zero-order chi connectivity index (χ0) is 15.1. The first-order valence-electron chi connectivity index (χ1n) is 8.18. The van der Waals surface area contributed by atoms with Gasteiger partial charge in [0.2, 0.25) is 0 Å². The van der Waals surface area contributed by atoms with E-state index in [0.717, 1.165) is 0 Å². The van der Waals surface area contributed by atoms with Gasteiger partial charge in [0.05, 0.1) is 0 Å². The molecule has 0 aromatic rings. The van der Waals surface area contributed by atoms with Crippen molar-refractivity contribution in [1.82, 2.24) is 0 Å². The van der Waals surface area contributed by atoms with Crippen LogP contribution in [0.4, 0.5) is 0 Å². The van der Waals surface area contributed by atoms with Crippen LogP contribution in [0.3, 0.4) is 0 Å². The zero-order valence-electron chi connectivity index (χ0n) is 13.9. The van der Waals surface area contributed by atoms with Gasteiger partial charge in [0.15, 0.2) is 0 Å². The summed E-state index contributed by atoms with van der Waals surface area (Å²) >= 11 is -2.26. The summed E-state index contributed by atoms with van der Waals surface area (Å²) in [7, 11) is 0. The Morgan fingerprint density at radius 1 is 0.650 bits per heavy atom. The molecule has 0 radical (unpaired) electrons. The fourth-order valence-electron chi connectivity index (χ4n) is 2.40. The van der Waals surface area contributed by atoms with E-state index in [1.54, 1.807) is 0 Å². The van der Waals surface area contributed by atoms with Gasteiger partial charge in [-0.25, -0.2) is 0 Å². The molecular formula is C19H30Sn. The molecule has 0 spiro atoms. The van der Waals surface area contributed by atoms with Crippen molar-refractivity contribution in [3.05, 3.63) is 0 Å². The van der Waals surface area contributed by atoms with Crippen molar-refractivity contribution in [2.45, 2.75) is 79.5 Å². The van der Waals surface area contributed by atoms with Gasteiger partial charge in [-0.1, -0.05) is 0 Å². The fourth-order valence-corrected chi connectivity index (χ4v) is 15.4. The summed E-state index contributed by atoms with van der Waals surface area (Å²) in [4.78, 5) is 0. The maximum absolute atomic E-state index is 3.72. The second-order valence-corrected chi connectivity index (χ2v) is 17.8. The van der Waals surface area contributed by atoms with E-state index in [0.29, 0.717) is 0 Å². The van der Waals surface area contributed by atoms with Crippen LogP contribution in [0, 0.1) is 33.5 Å². The Kier molecular flexibility index (Phi) is 13.1. The Labute approximate surface area is 131 Å². The number of hydrogen-bond acceptors (Lipinski definition) is 0. The van der Waals surface area contributed by atoms with Crippen LogP contribution in [0.1, 0.15) is 66.2 Å². The van der Waals surface area contributed by atoms with Gasteiger partial charge in [0, 0.05) is 0 Å². The van der Waals surface area contributed by atoms with Crippen LogP contribution in [0.15, 0.2) is 0 Å². The molecule has 0 N–H and O–H groups in total. The molecule has 0 bridgehead atoms. The van der Waals surface area contributed by atoms with Gasteiger partial charge < -0.3 is 0 Å². The van der Waals surface area contributed by atoms with Gasteiger partial charge in [-0.05, 0) is 0 Å². The van der Waals surface area contributed by atoms with E-state index in [9.17, 15) is 0 Å². The van der Waals surface area contributed by atoms with E-state index in [2.05, 4.69) is 54.3 Å². The Bertz CT molecular complexity index is 392. The summed E-state index contributed by atoms with van der Waals surface area (Å²) in [6.07, 6.45) is 7.98. The number of hydrogen-bond donors (Lipinski definition) is 0. The van der Waals surface area contributed by atoms with Crippen LogP contribution in [0.5, 0.6) is 0 Å². The van der Waals surface area contributed by atoms with E-state index in [1.807, 2.05) is 6.92 Å². The Morgan fingerprint density at radius 3 is 1.50 bits per heavy atom. The van der Waals surface area contributed by atoms with Gasteiger partial charge in [-0.2, -0.15) is 0 Å². The van der Waals surface area contributed by atoms with E-state index in [1.165, 1.54) is 51.8 Å². The molecule has 0 fully saturated rings. The van der Waals surface area contributed by atoms with Crippen molar-refractivity contribution < 1.29 is 0 Å². The Morgan fingerprint density at radius 2 is 1.10 bits per heavy atom. The quantitative estimate of drug-likeness (QED) is 0.373. The topological polar surface area (TPSA) is 0 Å². The van der Waals surface area contributed by atoms with Gasteiger partial charge in [0.1, 0.15) is 0 Å². The van der Waals surface area contributed by atoms with E-state index >= 15 is 0 Å². The van der Waals surface area contributed by atoms with Crippen molar-refractivity contribution in [3.8, 4) is 33.5 Å². The third kappa shape index (κ3) is 9.39. The van der Waals surface area contributed by atoms with Crippen LogP contribution in [-0.2, 0) is 0 Å². The van der Waals surface area contributed by atoms with Crippen LogP contribution in [-0.4, -0.2) is 18.4 Å². The molecule has 0 aliphatic carbocycles. The van der Waals surface area contributed by atoms with E-state index in [4.69, 9.17) is 0 Å². The minimum atomic E-state index is -2.26. The predicted molar refractivity (Wildman–Crippen MR) is 93.9 cm³/mol. The van der Waals surface area contributed by atoms with Crippen molar-refractivity contribution in [2.75, 3.05) is 0 Å². The Hall–Kier alpha value is -0.521. The molecule has 0 aromatic carbocycles. The molecule has 0 saturated carbocycles. The molecule has 0 saturated heterocycles. The summed E-state index contributed by atoms with van der Waals surface area (Å²) in [6.45, 7) is 8.69. The third-order valence-electron chi connectivity index (χ3n) is 3.67. The Balaban J connectivity index is 5.00. The summed E-state index contributed by atoms with van der Waals surface area (Å²) in [5.41, 5.74) is 0. The van der Waals surface area contributed by atoms with Crippen molar-refractivity contribution in [3.63, 3.8) is 0 Å². The van der Waals surface area contributed by atoms with Gasteiger partial charge in [-0.3, -0.25) is 0 Å². The first-order chi connectivity index (χ1) is 9.74. The molecule has 110 valence electrons. The van der Waals surface area contributed by atoms with Gasteiger partial charge in [-0.15, -0.1) is 0 Å². The molecule has 0 unspecified atom stereocenters. The van der Waals surface area contributed by atoms with Crippen LogP contribution in [0.2, 0.25) is 13.3 Å². The third-order valence-corrected chi connectivity index (χ3v) is 16.8. The molecule has 0 atom stereocenters. The molecule has 20 heavy (non-hydrogen) atoms. The minimum absolute atomic E-state index is 1.30. The van der Waals surface area contributed by atoms with Gasteiger partial charge >= 0.3 is 131 Å². The van der Waals surface area contributed by atoms with E-state index in [-0.39, 0.29) is 0 Å². The molecule has 0 rings (SSSR count). The molecular weight excluding hydrogens is 347 g/mol. The van der Waals surface area contributed by atoms with Crippen molar-refractivity contribution >= 4 is 18.4 Å². The average molecular weight is 377 g/mol. The molecule has 0 aliphatic heterocycles. The second-order valence-electron chi connectivity index (χ2n) is 5.47.